The van der Waals surface area contributed by atoms with Crippen LogP contribution in [0.15, 0.2) is 24.3 Å². The summed E-state index contributed by atoms with van der Waals surface area (Å²) in [6, 6.07) is 7.73. The van der Waals surface area contributed by atoms with Gasteiger partial charge in [0.15, 0.2) is 0 Å². The summed E-state index contributed by atoms with van der Waals surface area (Å²) >= 11 is 2.89. The molecule has 2 nitrogen and oxygen atoms in total. The van der Waals surface area contributed by atoms with E-state index >= 15 is 0 Å². The van der Waals surface area contributed by atoms with Crippen LogP contribution in [-0.2, 0) is 20.6 Å². The Morgan fingerprint density at radius 1 is 1.31 bits per heavy atom. The third-order valence-corrected chi connectivity index (χ3v) is 2.15. The van der Waals surface area contributed by atoms with Crippen molar-refractivity contribution in [3.63, 3.8) is 0 Å². The van der Waals surface area contributed by atoms with Crippen molar-refractivity contribution in [1.82, 2.24) is 0 Å². The van der Waals surface area contributed by atoms with E-state index in [0.29, 0.717) is 6.61 Å². The van der Waals surface area contributed by atoms with E-state index in [4.69, 9.17) is 9.47 Å². The second kappa shape index (κ2) is 5.19. The van der Waals surface area contributed by atoms with Gasteiger partial charge in [0.2, 0.25) is 0 Å². The van der Waals surface area contributed by atoms with Gasteiger partial charge in [-0.3, -0.25) is 0 Å². The minimum absolute atomic E-state index is 0.675. The molecule has 70 valence electrons. The van der Waals surface area contributed by atoms with E-state index in [9.17, 15) is 0 Å². The molecule has 0 atom stereocenters. The van der Waals surface area contributed by atoms with Crippen molar-refractivity contribution in [3.8, 4) is 5.75 Å². The van der Waals surface area contributed by atoms with Crippen molar-refractivity contribution in [1.29, 1.82) is 0 Å². The molecule has 0 heterocycles. The fourth-order valence-electron chi connectivity index (χ4n) is 0.942. The van der Waals surface area contributed by atoms with Crippen LogP contribution in [0.4, 0.5) is 0 Å². The van der Waals surface area contributed by atoms with Crippen molar-refractivity contribution in [2.24, 2.45) is 0 Å². The Labute approximate surface area is 86.4 Å². The SMILES string of the molecule is CCO[C](=[Cr])c1ccc(OC)cc1. The van der Waals surface area contributed by atoms with Crippen molar-refractivity contribution in [2.45, 2.75) is 6.92 Å². The number of hydrogen-bond acceptors (Lipinski definition) is 2. The summed E-state index contributed by atoms with van der Waals surface area (Å²) < 4.78 is 11.2. The first-order valence-corrected chi connectivity index (χ1v) is 4.73. The number of benzene rings is 1. The number of rotatable bonds is 4. The normalized spacial score (nSPS) is 9.69. The predicted octanol–water partition coefficient (Wildman–Crippen LogP) is 1.76. The summed E-state index contributed by atoms with van der Waals surface area (Å²) in [7, 11) is 1.65. The molecule has 13 heavy (non-hydrogen) atoms. The molecule has 0 radical (unpaired) electrons. The Bertz CT molecular complexity index is 279. The maximum absolute atomic E-state index is 5.32. The zero-order chi connectivity index (χ0) is 9.68. The molecule has 0 aliphatic rings. The van der Waals surface area contributed by atoms with Gasteiger partial charge in [-0.15, -0.1) is 0 Å². The summed E-state index contributed by atoms with van der Waals surface area (Å²) in [6.45, 7) is 2.63. The summed E-state index contributed by atoms with van der Waals surface area (Å²) in [5.41, 5.74) is 1.04. The quantitative estimate of drug-likeness (QED) is 0.763. The van der Waals surface area contributed by atoms with Gasteiger partial charge in [0.05, 0.1) is 0 Å². The Balaban J connectivity index is 2.74. The third kappa shape index (κ3) is 2.97. The monoisotopic (exact) mass is 216 g/mol. The average molecular weight is 216 g/mol. The van der Waals surface area contributed by atoms with E-state index in [1.54, 1.807) is 7.11 Å². The summed E-state index contributed by atoms with van der Waals surface area (Å²) in [6.07, 6.45) is 0. The number of ether oxygens (including phenoxy) is 2. The van der Waals surface area contributed by atoms with Gasteiger partial charge in [0.1, 0.15) is 0 Å². The molecule has 0 unspecified atom stereocenters. The van der Waals surface area contributed by atoms with Crippen LogP contribution < -0.4 is 4.74 Å². The Morgan fingerprint density at radius 2 is 1.92 bits per heavy atom. The van der Waals surface area contributed by atoms with E-state index < -0.39 is 0 Å². The molecule has 0 N–H and O–H groups in total. The molecular weight excluding hydrogens is 204 g/mol. The van der Waals surface area contributed by atoms with E-state index in [2.05, 4.69) is 15.9 Å². The van der Waals surface area contributed by atoms with Gasteiger partial charge in [0, 0.05) is 0 Å². The molecule has 0 fully saturated rings. The van der Waals surface area contributed by atoms with Gasteiger partial charge in [0.25, 0.3) is 0 Å². The standard InChI is InChI=1S/C10H12O2.Cr/c1-3-12-8-9-4-6-10(11-2)7-5-9;/h4-7H,3H2,1-2H3;. The maximum atomic E-state index is 5.32. The van der Waals surface area contributed by atoms with Gasteiger partial charge in [-0.25, -0.2) is 0 Å². The Hall–Kier alpha value is -0.618. The second-order valence-electron chi connectivity index (χ2n) is 2.45. The molecule has 0 saturated carbocycles. The van der Waals surface area contributed by atoms with Gasteiger partial charge >= 0.3 is 86.1 Å². The summed E-state index contributed by atoms with van der Waals surface area (Å²) in [5, 5.41) is 0. The average Bonchev–Trinajstić information content (AvgIpc) is 2.18. The molecule has 0 aromatic heterocycles. The molecule has 0 aliphatic carbocycles. The van der Waals surface area contributed by atoms with Crippen molar-refractivity contribution in [2.75, 3.05) is 13.7 Å². The fourth-order valence-corrected chi connectivity index (χ4v) is 1.34. The predicted molar refractivity (Wildman–Crippen MR) is 48.7 cm³/mol. The molecule has 1 aromatic rings. The van der Waals surface area contributed by atoms with Crippen LogP contribution in [0.5, 0.6) is 5.75 Å². The topological polar surface area (TPSA) is 18.5 Å². The minimum atomic E-state index is 0.675. The first-order chi connectivity index (χ1) is 6.27. The molecule has 3 heteroatoms. The number of hydrogen-bond donors (Lipinski definition) is 0. The van der Waals surface area contributed by atoms with Gasteiger partial charge < -0.3 is 0 Å². The summed E-state index contributed by atoms with van der Waals surface area (Å²) in [4.78, 5) is 0. The molecular formula is C10H12CrO2. The van der Waals surface area contributed by atoms with E-state index in [-0.39, 0.29) is 0 Å². The molecule has 0 spiro atoms. The van der Waals surface area contributed by atoms with Crippen LogP contribution >= 0.6 is 0 Å². The van der Waals surface area contributed by atoms with E-state index in [0.717, 1.165) is 15.9 Å². The van der Waals surface area contributed by atoms with Crippen molar-refractivity contribution < 1.29 is 25.3 Å². The summed E-state index contributed by atoms with van der Waals surface area (Å²) in [5.74, 6) is 0.855. The van der Waals surface area contributed by atoms with Crippen LogP contribution in [0.3, 0.4) is 0 Å². The molecule has 0 aliphatic heterocycles. The molecule has 0 bridgehead atoms. The Kier molecular flexibility index (Phi) is 4.17. The molecule has 0 amide bonds. The van der Waals surface area contributed by atoms with Crippen LogP contribution in [0.1, 0.15) is 12.5 Å². The van der Waals surface area contributed by atoms with Crippen LogP contribution in [0.25, 0.3) is 0 Å². The van der Waals surface area contributed by atoms with Crippen LogP contribution in [0, 0.1) is 0 Å². The second-order valence-corrected chi connectivity index (χ2v) is 3.03. The third-order valence-electron chi connectivity index (χ3n) is 1.60. The molecule has 1 aromatic carbocycles. The Morgan fingerprint density at radius 3 is 2.38 bits per heavy atom. The zero-order valence-corrected chi connectivity index (χ0v) is 9.02. The van der Waals surface area contributed by atoms with E-state index in [1.807, 2.05) is 31.2 Å². The van der Waals surface area contributed by atoms with Crippen molar-refractivity contribution >= 4 is 4.57 Å². The van der Waals surface area contributed by atoms with Crippen molar-refractivity contribution in [3.05, 3.63) is 29.8 Å². The first kappa shape index (κ1) is 10.5. The van der Waals surface area contributed by atoms with Gasteiger partial charge in [-0.1, -0.05) is 0 Å². The fraction of sp³-hybridized carbons (Fsp3) is 0.300. The van der Waals surface area contributed by atoms with E-state index in [1.165, 1.54) is 0 Å². The first-order valence-electron chi connectivity index (χ1n) is 4.09. The molecule has 1 rings (SSSR count). The van der Waals surface area contributed by atoms with Gasteiger partial charge in [-0.05, 0) is 0 Å². The number of methoxy groups -OCH3 is 1. The molecule has 0 saturated heterocycles. The van der Waals surface area contributed by atoms with Gasteiger partial charge in [-0.2, -0.15) is 0 Å². The zero-order valence-electron chi connectivity index (χ0n) is 7.74. The van der Waals surface area contributed by atoms with Crippen LogP contribution in [-0.4, -0.2) is 18.3 Å². The van der Waals surface area contributed by atoms with Crippen LogP contribution in [0.2, 0.25) is 0 Å².